The fourth-order valence-electron chi connectivity index (χ4n) is 3.10. The van der Waals surface area contributed by atoms with Gasteiger partial charge in [0.15, 0.2) is 0 Å². The van der Waals surface area contributed by atoms with E-state index in [1.165, 1.54) is 5.56 Å². The van der Waals surface area contributed by atoms with Crippen LogP contribution in [0.5, 0.6) is 0 Å². The topological polar surface area (TPSA) is 61.4 Å². The van der Waals surface area contributed by atoms with Gasteiger partial charge in [0.25, 0.3) is 0 Å². The predicted octanol–water partition coefficient (Wildman–Crippen LogP) is 4.23. The molecule has 2 amide bonds. The molecule has 0 aliphatic carbocycles. The lowest BCUT2D eigenvalue weighted by atomic mass is 10.1. The van der Waals surface area contributed by atoms with Gasteiger partial charge in [0.1, 0.15) is 0 Å². The number of likely N-dealkylation sites (N-methyl/N-ethyl adjacent to an activating group) is 1. The van der Waals surface area contributed by atoms with E-state index in [1.54, 1.807) is 30.6 Å². The number of nitrogens with zero attached hydrogens (tertiary/aromatic N) is 1. The number of para-hydroxylation sites is 1. The highest BCUT2D eigenvalue weighted by atomic mass is 32.2. The highest BCUT2D eigenvalue weighted by Crippen LogP contribution is 2.25. The molecule has 2 aromatic carbocycles. The van der Waals surface area contributed by atoms with E-state index >= 15 is 0 Å². The van der Waals surface area contributed by atoms with Crippen LogP contribution in [-0.4, -0.2) is 42.6 Å². The molecule has 1 atom stereocenters. The van der Waals surface area contributed by atoms with E-state index in [-0.39, 0.29) is 18.4 Å². The molecular formula is C22H29N3O2S. The first kappa shape index (κ1) is 22.0. The zero-order valence-electron chi connectivity index (χ0n) is 17.4. The van der Waals surface area contributed by atoms with Gasteiger partial charge in [0.05, 0.1) is 18.3 Å². The van der Waals surface area contributed by atoms with Crippen molar-refractivity contribution in [1.82, 2.24) is 4.90 Å². The lowest BCUT2D eigenvalue weighted by molar-refractivity contribution is -0.122. The fraction of sp³-hybridized carbons (Fsp3) is 0.364. The molecule has 0 saturated heterocycles. The summed E-state index contributed by atoms with van der Waals surface area (Å²) < 4.78 is 0. The monoisotopic (exact) mass is 399 g/mol. The summed E-state index contributed by atoms with van der Waals surface area (Å²) in [6, 6.07) is 11.3. The van der Waals surface area contributed by atoms with Crippen LogP contribution in [0.2, 0.25) is 0 Å². The van der Waals surface area contributed by atoms with Crippen molar-refractivity contribution in [3.63, 3.8) is 0 Å². The third-order valence-electron chi connectivity index (χ3n) is 4.74. The Morgan fingerprint density at radius 1 is 1.07 bits per heavy atom. The fourth-order valence-corrected chi connectivity index (χ4v) is 3.66. The van der Waals surface area contributed by atoms with Crippen LogP contribution in [0.3, 0.4) is 0 Å². The van der Waals surface area contributed by atoms with Gasteiger partial charge in [0, 0.05) is 10.6 Å². The predicted molar refractivity (Wildman–Crippen MR) is 118 cm³/mol. The average molecular weight is 400 g/mol. The first-order chi connectivity index (χ1) is 13.2. The number of amides is 2. The van der Waals surface area contributed by atoms with Gasteiger partial charge < -0.3 is 10.6 Å². The number of nitrogens with one attached hydrogen (secondary N) is 2. The van der Waals surface area contributed by atoms with Crippen LogP contribution in [0.15, 0.2) is 41.3 Å². The summed E-state index contributed by atoms with van der Waals surface area (Å²) >= 11 is 1.58. The molecule has 0 saturated carbocycles. The number of carbonyl (C=O) groups is 2. The molecule has 2 rings (SSSR count). The lowest BCUT2D eigenvalue weighted by Crippen LogP contribution is -2.43. The molecular weight excluding hydrogens is 370 g/mol. The van der Waals surface area contributed by atoms with Crippen LogP contribution >= 0.6 is 11.8 Å². The molecule has 5 nitrogen and oxygen atoms in total. The molecule has 6 heteroatoms. The van der Waals surface area contributed by atoms with Crippen LogP contribution in [0, 0.1) is 20.8 Å². The number of rotatable bonds is 7. The van der Waals surface area contributed by atoms with E-state index in [2.05, 4.69) is 10.6 Å². The Bertz CT molecular complexity index is 844. The Labute approximate surface area is 171 Å². The number of aryl methyl sites for hydroxylation is 3. The number of hydrogen-bond donors (Lipinski definition) is 2. The molecule has 0 radical (unpaired) electrons. The maximum Gasteiger partial charge on any atom is 0.241 e. The second-order valence-corrected chi connectivity index (χ2v) is 7.95. The molecule has 150 valence electrons. The molecule has 0 bridgehead atoms. The van der Waals surface area contributed by atoms with Crippen LogP contribution in [0.1, 0.15) is 23.6 Å². The molecule has 0 aliphatic rings. The maximum atomic E-state index is 12.6. The van der Waals surface area contributed by atoms with E-state index in [9.17, 15) is 9.59 Å². The highest BCUT2D eigenvalue weighted by Gasteiger charge is 2.21. The summed E-state index contributed by atoms with van der Waals surface area (Å²) in [6.07, 6.45) is 1.97. The first-order valence-corrected chi connectivity index (χ1v) is 10.5. The van der Waals surface area contributed by atoms with Crippen LogP contribution < -0.4 is 10.6 Å². The Morgan fingerprint density at radius 2 is 1.68 bits per heavy atom. The maximum absolute atomic E-state index is 12.6. The van der Waals surface area contributed by atoms with Crippen LogP contribution in [0.25, 0.3) is 0 Å². The van der Waals surface area contributed by atoms with Crippen molar-refractivity contribution in [1.29, 1.82) is 0 Å². The summed E-state index contributed by atoms with van der Waals surface area (Å²) in [5, 5.41) is 5.94. The zero-order chi connectivity index (χ0) is 20.8. The standard InChI is InChI=1S/C22H29N3O2S/c1-14-11-15(2)21(16(3)12-14)24-20(26)13-25(5)17(4)22(27)23-18-9-7-8-10-19(18)28-6/h7-12,17H,13H2,1-6H3,(H,23,27)(H,24,26). The molecule has 0 aromatic heterocycles. The molecule has 2 N–H and O–H groups in total. The highest BCUT2D eigenvalue weighted by molar-refractivity contribution is 7.98. The van der Waals surface area contributed by atoms with Gasteiger partial charge >= 0.3 is 0 Å². The van der Waals surface area contributed by atoms with Crippen molar-refractivity contribution >= 4 is 35.0 Å². The number of carbonyl (C=O) groups excluding carboxylic acids is 2. The minimum absolute atomic E-state index is 0.130. The average Bonchev–Trinajstić information content (AvgIpc) is 2.64. The SMILES string of the molecule is CSc1ccccc1NC(=O)C(C)N(C)CC(=O)Nc1c(C)cc(C)cc1C. The second kappa shape index (κ2) is 9.75. The molecule has 28 heavy (non-hydrogen) atoms. The largest absolute Gasteiger partial charge is 0.324 e. The number of anilines is 2. The quantitative estimate of drug-likeness (QED) is 0.684. The minimum atomic E-state index is -0.444. The van der Waals surface area contributed by atoms with Gasteiger partial charge in [-0.25, -0.2) is 0 Å². The minimum Gasteiger partial charge on any atom is -0.324 e. The number of thioether (sulfide) groups is 1. The van der Waals surface area contributed by atoms with E-state index in [4.69, 9.17) is 0 Å². The van der Waals surface area contributed by atoms with E-state index in [0.717, 1.165) is 27.4 Å². The number of benzene rings is 2. The van der Waals surface area contributed by atoms with Crippen molar-refractivity contribution in [2.45, 2.75) is 38.6 Å². The van der Waals surface area contributed by atoms with Crippen molar-refractivity contribution in [3.8, 4) is 0 Å². The van der Waals surface area contributed by atoms with E-state index < -0.39 is 6.04 Å². The van der Waals surface area contributed by atoms with Crippen LogP contribution in [-0.2, 0) is 9.59 Å². The Hall–Kier alpha value is -2.31. The zero-order valence-corrected chi connectivity index (χ0v) is 18.2. The van der Waals surface area contributed by atoms with E-state index in [0.29, 0.717) is 0 Å². The summed E-state index contributed by atoms with van der Waals surface area (Å²) in [4.78, 5) is 27.9. The van der Waals surface area contributed by atoms with Gasteiger partial charge in [-0.2, -0.15) is 0 Å². The van der Waals surface area contributed by atoms with Crippen molar-refractivity contribution in [2.24, 2.45) is 0 Å². The van der Waals surface area contributed by atoms with Gasteiger partial charge in [-0.1, -0.05) is 29.8 Å². The smallest absolute Gasteiger partial charge is 0.241 e. The van der Waals surface area contributed by atoms with Crippen molar-refractivity contribution in [2.75, 3.05) is 30.5 Å². The molecule has 0 fully saturated rings. The van der Waals surface area contributed by atoms with E-state index in [1.807, 2.05) is 63.4 Å². The third-order valence-corrected chi connectivity index (χ3v) is 5.54. The molecule has 0 aliphatic heterocycles. The number of hydrogen-bond acceptors (Lipinski definition) is 4. The molecule has 0 heterocycles. The van der Waals surface area contributed by atoms with Gasteiger partial charge in [-0.05, 0) is 64.3 Å². The van der Waals surface area contributed by atoms with Gasteiger partial charge in [0.2, 0.25) is 11.8 Å². The van der Waals surface area contributed by atoms with Gasteiger partial charge in [-0.15, -0.1) is 11.8 Å². The van der Waals surface area contributed by atoms with Gasteiger partial charge in [-0.3, -0.25) is 14.5 Å². The van der Waals surface area contributed by atoms with Crippen LogP contribution in [0.4, 0.5) is 11.4 Å². The molecule has 0 spiro atoms. The summed E-state index contributed by atoms with van der Waals surface area (Å²) in [6.45, 7) is 7.93. The summed E-state index contributed by atoms with van der Waals surface area (Å²) in [7, 11) is 1.78. The summed E-state index contributed by atoms with van der Waals surface area (Å²) in [5.41, 5.74) is 4.87. The van der Waals surface area contributed by atoms with Crippen molar-refractivity contribution in [3.05, 3.63) is 53.1 Å². The molecule has 2 aromatic rings. The Morgan fingerprint density at radius 3 is 2.29 bits per heavy atom. The summed E-state index contributed by atoms with van der Waals surface area (Å²) in [5.74, 6) is -0.277. The third kappa shape index (κ3) is 5.59. The Kier molecular flexibility index (Phi) is 7.66. The lowest BCUT2D eigenvalue weighted by Gasteiger charge is -2.24. The normalized spacial score (nSPS) is 12.0. The molecule has 1 unspecified atom stereocenters. The van der Waals surface area contributed by atoms with Crippen molar-refractivity contribution < 1.29 is 9.59 Å². The first-order valence-electron chi connectivity index (χ1n) is 9.24. The second-order valence-electron chi connectivity index (χ2n) is 7.10. The Balaban J connectivity index is 1.98.